The smallest absolute Gasteiger partial charge is 0.353 e. The predicted octanol–water partition coefficient (Wildman–Crippen LogP) is -1.32. The van der Waals surface area contributed by atoms with Crippen molar-refractivity contribution in [1.82, 2.24) is 9.97 Å². The van der Waals surface area contributed by atoms with Gasteiger partial charge in [0.1, 0.15) is 12.4 Å². The first-order chi connectivity index (χ1) is 8.47. The Morgan fingerprint density at radius 3 is 2.72 bits per heavy atom. The Balaban J connectivity index is 2.95. The van der Waals surface area contributed by atoms with Gasteiger partial charge in [-0.2, -0.15) is 0 Å². The lowest BCUT2D eigenvalue weighted by atomic mass is 10.3. The fourth-order valence-corrected chi connectivity index (χ4v) is 1.16. The molecule has 1 atom stereocenters. The molecule has 1 heterocycles. The fraction of sp³-hybridized carbons (Fsp3) is 0.375. The van der Waals surface area contributed by atoms with Crippen LogP contribution in [0.3, 0.4) is 0 Å². The molecule has 0 radical (unpaired) electrons. The van der Waals surface area contributed by atoms with Gasteiger partial charge in [-0.25, -0.2) is 9.97 Å². The van der Waals surface area contributed by atoms with E-state index < -0.39 is 16.9 Å². The van der Waals surface area contributed by atoms with Gasteiger partial charge in [0.2, 0.25) is 17.5 Å². The Morgan fingerprint density at radius 2 is 2.22 bits per heavy atom. The van der Waals surface area contributed by atoms with Crippen LogP contribution in [0.15, 0.2) is 6.33 Å². The van der Waals surface area contributed by atoms with E-state index in [9.17, 15) is 20.0 Å². The maximum atomic E-state index is 10.9. The minimum Gasteiger partial charge on any atom is -0.381 e. The van der Waals surface area contributed by atoms with E-state index in [4.69, 9.17) is 5.73 Å². The summed E-state index contributed by atoms with van der Waals surface area (Å²) in [5.41, 5.74) is 4.47. The molecule has 0 aliphatic carbocycles. The largest absolute Gasteiger partial charge is 0.381 e. The number of primary amides is 1. The number of nitrogens with one attached hydrogen (secondary N) is 2. The van der Waals surface area contributed by atoms with E-state index in [2.05, 4.69) is 20.6 Å². The Bertz CT molecular complexity index is 465. The SMILES string of the molecule is CNc1ncnc(NCC(O)C(N)=O)c1[N+](=O)[O-]. The number of anilines is 2. The van der Waals surface area contributed by atoms with E-state index in [0.29, 0.717) is 0 Å². The average molecular weight is 256 g/mol. The highest BCUT2D eigenvalue weighted by molar-refractivity contribution is 5.79. The summed E-state index contributed by atoms with van der Waals surface area (Å²) in [4.78, 5) is 28.2. The van der Waals surface area contributed by atoms with Crippen molar-refractivity contribution >= 4 is 23.2 Å². The lowest BCUT2D eigenvalue weighted by Gasteiger charge is -2.10. The lowest BCUT2D eigenvalue weighted by molar-refractivity contribution is -0.383. The molecule has 1 rings (SSSR count). The van der Waals surface area contributed by atoms with Gasteiger partial charge < -0.3 is 21.5 Å². The molecule has 0 bridgehead atoms. The molecule has 0 aliphatic heterocycles. The number of nitrogens with two attached hydrogens (primary N) is 1. The van der Waals surface area contributed by atoms with Crippen molar-refractivity contribution in [3.8, 4) is 0 Å². The van der Waals surface area contributed by atoms with Crippen LogP contribution in [0.25, 0.3) is 0 Å². The first-order valence-corrected chi connectivity index (χ1v) is 4.85. The van der Waals surface area contributed by atoms with Gasteiger partial charge in [-0.05, 0) is 0 Å². The van der Waals surface area contributed by atoms with E-state index >= 15 is 0 Å². The Kier molecular flexibility index (Phi) is 4.32. The third-order valence-electron chi connectivity index (χ3n) is 2.03. The van der Waals surface area contributed by atoms with Crippen molar-refractivity contribution in [3.05, 3.63) is 16.4 Å². The second-order valence-corrected chi connectivity index (χ2v) is 3.23. The van der Waals surface area contributed by atoms with E-state index in [-0.39, 0.29) is 23.9 Å². The minimum absolute atomic E-state index is 0.0195. The summed E-state index contributed by atoms with van der Waals surface area (Å²) in [7, 11) is 1.47. The van der Waals surface area contributed by atoms with Gasteiger partial charge in [-0.3, -0.25) is 14.9 Å². The van der Waals surface area contributed by atoms with Crippen LogP contribution in [0.4, 0.5) is 17.3 Å². The molecule has 1 unspecified atom stereocenters. The van der Waals surface area contributed by atoms with E-state index in [1.54, 1.807) is 0 Å². The summed E-state index contributed by atoms with van der Waals surface area (Å²) in [5, 5.41) is 25.1. The molecule has 0 aromatic carbocycles. The molecule has 10 heteroatoms. The fourth-order valence-electron chi connectivity index (χ4n) is 1.16. The average Bonchev–Trinajstić information content (AvgIpc) is 2.34. The normalized spacial score (nSPS) is 11.7. The summed E-state index contributed by atoms with van der Waals surface area (Å²) in [6.45, 7) is -0.281. The van der Waals surface area contributed by atoms with Gasteiger partial charge in [-0.1, -0.05) is 0 Å². The van der Waals surface area contributed by atoms with Gasteiger partial charge >= 0.3 is 5.69 Å². The molecule has 5 N–H and O–H groups in total. The molecule has 1 aromatic heterocycles. The highest BCUT2D eigenvalue weighted by Gasteiger charge is 2.23. The summed E-state index contributed by atoms with van der Waals surface area (Å²) in [6, 6.07) is 0. The van der Waals surface area contributed by atoms with Gasteiger partial charge in [-0.15, -0.1) is 0 Å². The van der Waals surface area contributed by atoms with Crippen molar-refractivity contribution in [2.24, 2.45) is 5.73 Å². The van der Waals surface area contributed by atoms with Crippen LogP contribution < -0.4 is 16.4 Å². The number of amides is 1. The monoisotopic (exact) mass is 256 g/mol. The topological polar surface area (TPSA) is 156 Å². The number of carbonyl (C=O) groups is 1. The van der Waals surface area contributed by atoms with Crippen LogP contribution in [-0.2, 0) is 4.79 Å². The second-order valence-electron chi connectivity index (χ2n) is 3.23. The second kappa shape index (κ2) is 5.72. The Morgan fingerprint density at radius 1 is 1.61 bits per heavy atom. The first kappa shape index (κ1) is 13.6. The highest BCUT2D eigenvalue weighted by Crippen LogP contribution is 2.28. The molecule has 0 saturated carbocycles. The van der Waals surface area contributed by atoms with E-state index in [1.165, 1.54) is 7.05 Å². The van der Waals surface area contributed by atoms with Crippen molar-refractivity contribution in [3.63, 3.8) is 0 Å². The number of nitrogens with zero attached hydrogens (tertiary/aromatic N) is 3. The zero-order valence-electron chi connectivity index (χ0n) is 9.45. The summed E-state index contributed by atoms with van der Waals surface area (Å²) in [6.07, 6.45) is -0.352. The van der Waals surface area contributed by atoms with Crippen molar-refractivity contribution in [2.75, 3.05) is 24.2 Å². The molecular weight excluding hydrogens is 244 g/mol. The quantitative estimate of drug-likeness (QED) is 0.360. The number of aliphatic hydroxyl groups excluding tert-OH is 1. The molecule has 1 amide bonds. The zero-order chi connectivity index (χ0) is 13.7. The lowest BCUT2D eigenvalue weighted by Crippen LogP contribution is -2.34. The third kappa shape index (κ3) is 3.01. The van der Waals surface area contributed by atoms with E-state index in [1.807, 2.05) is 0 Å². The van der Waals surface area contributed by atoms with Crippen LogP contribution in [0.2, 0.25) is 0 Å². The molecular formula is C8H12N6O4. The maximum absolute atomic E-state index is 10.9. The predicted molar refractivity (Wildman–Crippen MR) is 61.9 cm³/mol. The van der Waals surface area contributed by atoms with Crippen LogP contribution in [0.1, 0.15) is 0 Å². The van der Waals surface area contributed by atoms with Crippen molar-refractivity contribution < 1.29 is 14.8 Å². The number of hydrogen-bond donors (Lipinski definition) is 4. The van der Waals surface area contributed by atoms with Gasteiger partial charge in [0.15, 0.2) is 0 Å². The number of aliphatic hydroxyl groups is 1. The van der Waals surface area contributed by atoms with Crippen molar-refractivity contribution in [1.29, 1.82) is 0 Å². The van der Waals surface area contributed by atoms with Crippen LogP contribution in [0.5, 0.6) is 0 Å². The number of carbonyl (C=O) groups excluding carboxylic acids is 1. The van der Waals surface area contributed by atoms with Crippen LogP contribution in [-0.4, -0.2) is 45.6 Å². The van der Waals surface area contributed by atoms with Crippen LogP contribution in [0, 0.1) is 10.1 Å². The van der Waals surface area contributed by atoms with Crippen LogP contribution >= 0.6 is 0 Å². The molecule has 0 fully saturated rings. The molecule has 10 nitrogen and oxygen atoms in total. The minimum atomic E-state index is -1.46. The molecule has 1 aromatic rings. The maximum Gasteiger partial charge on any atom is 0.353 e. The molecule has 18 heavy (non-hydrogen) atoms. The Labute approximate surface area is 101 Å². The molecule has 0 spiro atoms. The first-order valence-electron chi connectivity index (χ1n) is 4.85. The van der Waals surface area contributed by atoms with Crippen molar-refractivity contribution in [2.45, 2.75) is 6.10 Å². The number of aromatic nitrogens is 2. The zero-order valence-corrected chi connectivity index (χ0v) is 9.45. The summed E-state index contributed by atoms with van der Waals surface area (Å²) >= 11 is 0. The third-order valence-corrected chi connectivity index (χ3v) is 2.03. The molecule has 0 saturated heterocycles. The number of nitro groups is 1. The van der Waals surface area contributed by atoms with Gasteiger partial charge in [0.05, 0.1) is 11.5 Å². The van der Waals surface area contributed by atoms with Gasteiger partial charge in [0, 0.05) is 7.05 Å². The molecule has 0 aliphatic rings. The highest BCUT2D eigenvalue weighted by atomic mass is 16.6. The number of rotatable bonds is 6. The number of hydrogen-bond acceptors (Lipinski definition) is 8. The molecule has 98 valence electrons. The Hall–Kier alpha value is -2.49. The van der Waals surface area contributed by atoms with Gasteiger partial charge in [0.25, 0.3) is 0 Å². The standard InChI is InChI=1S/C8H12N6O4/c1-10-7-5(14(17)18)8(13-3-12-7)11-2-4(15)6(9)16/h3-4,15H,2H2,1H3,(H2,9,16)(H2,10,11,12,13). The van der Waals surface area contributed by atoms with E-state index in [0.717, 1.165) is 6.33 Å². The summed E-state index contributed by atoms with van der Waals surface area (Å²) < 4.78 is 0. The summed E-state index contributed by atoms with van der Waals surface area (Å²) in [5.74, 6) is -1.03.